The van der Waals surface area contributed by atoms with Crippen molar-refractivity contribution < 1.29 is 24.0 Å². The van der Waals surface area contributed by atoms with E-state index in [0.29, 0.717) is 16.5 Å². The first kappa shape index (κ1) is 20.4. The van der Waals surface area contributed by atoms with Crippen molar-refractivity contribution in [3.63, 3.8) is 0 Å². The minimum atomic E-state index is -0.407. The van der Waals surface area contributed by atoms with Crippen LogP contribution in [-0.4, -0.2) is 64.0 Å². The maximum atomic E-state index is 12.4. The van der Waals surface area contributed by atoms with Gasteiger partial charge in [-0.15, -0.1) is 11.3 Å². The summed E-state index contributed by atoms with van der Waals surface area (Å²) in [6.45, 7) is 2.58. The molecule has 0 aliphatic heterocycles. The first-order valence-corrected chi connectivity index (χ1v) is 9.58. The number of likely N-dealkylation sites (N-methyl/N-ethyl adjacent to an activating group) is 2. The highest BCUT2D eigenvalue weighted by molar-refractivity contribution is 7.17. The van der Waals surface area contributed by atoms with E-state index in [1.54, 1.807) is 21.1 Å². The molecule has 2 rings (SSSR count). The molecule has 1 heterocycles. The van der Waals surface area contributed by atoms with E-state index in [1.807, 2.05) is 0 Å². The minimum Gasteiger partial charge on any atom is -0.465 e. The van der Waals surface area contributed by atoms with Crippen molar-refractivity contribution in [2.24, 2.45) is 5.92 Å². The first-order valence-electron chi connectivity index (χ1n) is 8.77. The van der Waals surface area contributed by atoms with Crippen LogP contribution in [0.1, 0.15) is 34.1 Å². The Kier molecular flexibility index (Phi) is 6.77. The number of hydrogen-bond acceptors (Lipinski definition) is 5. The Labute approximate surface area is 158 Å². The van der Waals surface area contributed by atoms with Crippen LogP contribution in [0.3, 0.4) is 0 Å². The number of anilines is 1. The van der Waals surface area contributed by atoms with Gasteiger partial charge in [-0.2, -0.15) is 0 Å². The molecule has 2 N–H and O–H groups in total. The van der Waals surface area contributed by atoms with E-state index in [-0.39, 0.29) is 24.9 Å². The lowest BCUT2D eigenvalue weighted by Crippen LogP contribution is -3.11. The highest BCUT2D eigenvalue weighted by Crippen LogP contribution is 2.39. The van der Waals surface area contributed by atoms with Crippen LogP contribution in [0.15, 0.2) is 0 Å². The second-order valence-corrected chi connectivity index (χ2v) is 8.30. The molecule has 0 bridgehead atoms. The van der Waals surface area contributed by atoms with Crippen LogP contribution < -0.4 is 10.2 Å². The quantitative estimate of drug-likeness (QED) is 0.689. The molecule has 0 aromatic carbocycles. The van der Waals surface area contributed by atoms with Crippen molar-refractivity contribution in [2.75, 3.05) is 46.7 Å². The van der Waals surface area contributed by atoms with Gasteiger partial charge in [-0.05, 0) is 30.7 Å². The summed E-state index contributed by atoms with van der Waals surface area (Å²) < 4.78 is 4.93. The molecule has 0 spiro atoms. The molecule has 1 unspecified atom stereocenters. The van der Waals surface area contributed by atoms with E-state index < -0.39 is 5.97 Å². The monoisotopic (exact) mass is 382 g/mol. The van der Waals surface area contributed by atoms with Gasteiger partial charge in [0.1, 0.15) is 5.00 Å². The number of hydrogen-bond donors (Lipinski definition) is 2. The van der Waals surface area contributed by atoms with Gasteiger partial charge in [-0.25, -0.2) is 4.79 Å². The number of fused-ring (bicyclic) bond motifs is 1. The summed E-state index contributed by atoms with van der Waals surface area (Å²) >= 11 is 1.47. The lowest BCUT2D eigenvalue weighted by Gasteiger charge is -2.18. The van der Waals surface area contributed by atoms with E-state index in [2.05, 4.69) is 12.2 Å². The smallest absolute Gasteiger partial charge is 0.341 e. The highest BCUT2D eigenvalue weighted by atomic mass is 32.1. The number of carbonyl (C=O) groups is 3. The standard InChI is InChI=1S/C18H27N3O4S/c1-11-6-7-12-13(8-11)26-17(16(12)18(24)25-5)19-14(22)9-21(4)10-15(23)20(2)3/h11H,6-10H2,1-5H3,(H,19,22)/p+1/t11-/m0/s1. The van der Waals surface area contributed by atoms with Crippen LogP contribution in [0.25, 0.3) is 0 Å². The van der Waals surface area contributed by atoms with Gasteiger partial charge < -0.3 is 19.9 Å². The SMILES string of the molecule is COC(=O)c1c(NC(=O)C[NH+](C)CC(=O)N(C)C)sc2c1CC[C@H](C)C2. The zero-order chi connectivity index (χ0) is 19.4. The van der Waals surface area contributed by atoms with Gasteiger partial charge in [-0.3, -0.25) is 9.59 Å². The number of rotatable bonds is 6. The number of quaternary nitrogens is 1. The lowest BCUT2D eigenvalue weighted by molar-refractivity contribution is -0.862. The molecule has 144 valence electrons. The van der Waals surface area contributed by atoms with Crippen LogP contribution >= 0.6 is 11.3 Å². The fraction of sp³-hybridized carbons (Fsp3) is 0.611. The number of ether oxygens (including phenoxy) is 1. The second kappa shape index (κ2) is 8.64. The number of esters is 1. The molecule has 7 nitrogen and oxygen atoms in total. The zero-order valence-electron chi connectivity index (χ0n) is 16.1. The summed E-state index contributed by atoms with van der Waals surface area (Å²) in [6, 6.07) is 0. The van der Waals surface area contributed by atoms with E-state index in [0.717, 1.165) is 34.6 Å². The molecular formula is C18H28N3O4S+. The van der Waals surface area contributed by atoms with Crippen molar-refractivity contribution in [3.8, 4) is 0 Å². The molecule has 2 atom stereocenters. The van der Waals surface area contributed by atoms with E-state index in [4.69, 9.17) is 4.74 Å². The molecule has 8 heteroatoms. The predicted molar refractivity (Wildman–Crippen MR) is 101 cm³/mol. The largest absolute Gasteiger partial charge is 0.465 e. The van der Waals surface area contributed by atoms with Crippen molar-refractivity contribution in [3.05, 3.63) is 16.0 Å². The maximum absolute atomic E-state index is 12.4. The Morgan fingerprint density at radius 1 is 1.31 bits per heavy atom. The van der Waals surface area contributed by atoms with Crippen LogP contribution in [-0.2, 0) is 27.2 Å². The third-order valence-corrected chi connectivity index (χ3v) is 5.74. The molecule has 1 aliphatic rings. The molecule has 0 saturated heterocycles. The van der Waals surface area contributed by atoms with Gasteiger partial charge in [0.25, 0.3) is 11.8 Å². The molecule has 2 amide bonds. The lowest BCUT2D eigenvalue weighted by atomic mass is 9.88. The molecule has 0 saturated carbocycles. The van der Waals surface area contributed by atoms with Crippen LogP contribution in [0.5, 0.6) is 0 Å². The number of thiophene rings is 1. The number of amides is 2. The summed E-state index contributed by atoms with van der Waals surface area (Å²) in [5.41, 5.74) is 1.51. The number of methoxy groups -OCH3 is 1. The first-order chi connectivity index (χ1) is 12.2. The number of nitrogens with one attached hydrogen (secondary N) is 2. The van der Waals surface area contributed by atoms with Crippen molar-refractivity contribution in [1.82, 2.24) is 4.90 Å². The summed E-state index contributed by atoms with van der Waals surface area (Å²) in [4.78, 5) is 39.9. The molecule has 1 aliphatic carbocycles. The predicted octanol–water partition coefficient (Wildman–Crippen LogP) is 0.201. The third kappa shape index (κ3) is 4.82. The van der Waals surface area contributed by atoms with Crippen LogP contribution in [0.2, 0.25) is 0 Å². The van der Waals surface area contributed by atoms with Crippen LogP contribution in [0.4, 0.5) is 5.00 Å². The van der Waals surface area contributed by atoms with E-state index in [1.165, 1.54) is 23.3 Å². The van der Waals surface area contributed by atoms with Crippen molar-refractivity contribution >= 4 is 34.1 Å². The fourth-order valence-electron chi connectivity index (χ4n) is 3.08. The summed E-state index contributed by atoms with van der Waals surface area (Å²) in [7, 11) is 6.53. The molecule has 0 fully saturated rings. The van der Waals surface area contributed by atoms with Gasteiger partial charge in [0.15, 0.2) is 13.1 Å². The van der Waals surface area contributed by atoms with Crippen molar-refractivity contribution in [2.45, 2.75) is 26.2 Å². The normalized spacial score (nSPS) is 17.2. The fourth-order valence-corrected chi connectivity index (χ4v) is 4.50. The van der Waals surface area contributed by atoms with E-state index >= 15 is 0 Å². The average molecular weight is 383 g/mol. The van der Waals surface area contributed by atoms with Gasteiger partial charge in [0, 0.05) is 19.0 Å². The highest BCUT2D eigenvalue weighted by Gasteiger charge is 2.29. The molecule has 26 heavy (non-hydrogen) atoms. The van der Waals surface area contributed by atoms with Crippen LogP contribution in [0, 0.1) is 5.92 Å². The van der Waals surface area contributed by atoms with Crippen molar-refractivity contribution in [1.29, 1.82) is 0 Å². The maximum Gasteiger partial charge on any atom is 0.341 e. The van der Waals surface area contributed by atoms with E-state index in [9.17, 15) is 14.4 Å². The molecule has 1 aromatic rings. The summed E-state index contributed by atoms with van der Waals surface area (Å²) in [5, 5.41) is 3.43. The second-order valence-electron chi connectivity index (χ2n) is 7.19. The number of carbonyl (C=O) groups excluding carboxylic acids is 3. The molecule has 1 aromatic heterocycles. The molecule has 0 radical (unpaired) electrons. The molecular weight excluding hydrogens is 354 g/mol. The third-order valence-electron chi connectivity index (χ3n) is 4.57. The van der Waals surface area contributed by atoms with Gasteiger partial charge in [-0.1, -0.05) is 6.92 Å². The van der Waals surface area contributed by atoms with Gasteiger partial charge >= 0.3 is 5.97 Å². The minimum absolute atomic E-state index is 0.0360. The summed E-state index contributed by atoms with van der Waals surface area (Å²) in [5.74, 6) is -0.0874. The van der Waals surface area contributed by atoms with Gasteiger partial charge in [0.2, 0.25) is 0 Å². The Balaban J connectivity index is 2.12. The Morgan fingerprint density at radius 2 is 2.00 bits per heavy atom. The Morgan fingerprint density at radius 3 is 2.62 bits per heavy atom. The zero-order valence-corrected chi connectivity index (χ0v) is 16.9. The number of nitrogens with zero attached hydrogens (tertiary/aromatic N) is 1. The van der Waals surface area contributed by atoms with Gasteiger partial charge in [0.05, 0.1) is 19.7 Å². The topological polar surface area (TPSA) is 80.1 Å². The Bertz CT molecular complexity index is 699. The Hall–Kier alpha value is -1.93. The summed E-state index contributed by atoms with van der Waals surface area (Å²) in [6.07, 6.45) is 2.78. The average Bonchev–Trinajstić information content (AvgIpc) is 2.90.